The minimum absolute atomic E-state index is 0. The van der Waals surface area contributed by atoms with Crippen LogP contribution in [0.25, 0.3) is 0 Å². The number of rotatable bonds is 0. The molecule has 0 aliphatic heterocycles. The Balaban J connectivity index is -0.0000001000. The molecule has 0 bridgehead atoms. The van der Waals surface area contributed by atoms with Gasteiger partial charge in [-0.05, 0) is 0 Å². The molecule has 1 N–H and O–H groups in total. The predicted molar refractivity (Wildman–Crippen MR) is 62.1 cm³/mol. The molecule has 0 radical (unpaired) electrons. The fourth-order valence-corrected chi connectivity index (χ4v) is 3.07. The Morgan fingerprint density at radius 1 is 0.684 bits per heavy atom. The molecule has 0 aliphatic carbocycles. The predicted octanol–water partition coefficient (Wildman–Crippen LogP) is -2.18. The summed E-state index contributed by atoms with van der Waals surface area (Å²) in [6.45, 7) is 0. The summed E-state index contributed by atoms with van der Waals surface area (Å²) >= 11 is 1.62. The van der Waals surface area contributed by atoms with E-state index in [2.05, 4.69) is 60.7 Å². The third-order valence-corrected chi connectivity index (χ3v) is 5.35. The molecule has 0 heterocycles. The Kier molecular flexibility index (Phi) is 16.6. The van der Waals surface area contributed by atoms with Crippen LogP contribution in [0.15, 0.2) is 60.7 Å². The van der Waals surface area contributed by atoms with Crippen LogP contribution in [0.5, 0.6) is 0 Å². The van der Waals surface area contributed by atoms with Crippen LogP contribution in [0.4, 0.5) is 0 Å². The molecule has 0 spiro atoms. The fraction of sp³-hybridized carbons (Fsp3) is 0. The van der Waals surface area contributed by atoms with Gasteiger partial charge in [0.25, 0.3) is 0 Å². The molecular weight excluding hydrogens is 620 g/mol. The van der Waals surface area contributed by atoms with Crippen LogP contribution >= 0.6 is 0 Å². The monoisotopic (exact) mass is 636 g/mol. The van der Waals surface area contributed by atoms with Crippen molar-refractivity contribution in [1.29, 1.82) is 0 Å². The van der Waals surface area contributed by atoms with E-state index in [0.29, 0.717) is 0 Å². The fourth-order valence-electron chi connectivity index (χ4n) is 0.956. The van der Waals surface area contributed by atoms with Gasteiger partial charge in [0.15, 0.2) is 0 Å². The summed E-state index contributed by atoms with van der Waals surface area (Å²) in [5, 5.41) is 25.2. The maximum atomic E-state index is 8.42. The van der Waals surface area contributed by atoms with E-state index in [-0.39, 0.29) is 8.33 Å². The molecule has 4 nitrogen and oxygen atoms in total. The Morgan fingerprint density at radius 3 is 1.00 bits per heavy atom. The SMILES string of the molecule is [H+].[H+].[Hg+][c]1ccccc1.[Hg+][c]1ccccc1.[O-]B([O-])[O-].[OH-]. The van der Waals surface area contributed by atoms with Gasteiger partial charge in [-0.25, -0.2) is 0 Å². The Hall–Kier alpha value is 0.215. The van der Waals surface area contributed by atoms with Crippen molar-refractivity contribution in [2.24, 2.45) is 0 Å². The Morgan fingerprint density at radius 2 is 0.895 bits per heavy atom. The summed E-state index contributed by atoms with van der Waals surface area (Å²) in [6, 6.07) is 21.1. The number of hydrogen-bond donors (Lipinski definition) is 0. The van der Waals surface area contributed by atoms with Crippen LogP contribution < -0.4 is 21.2 Å². The smallest absolute Gasteiger partial charge is 0.278 e. The van der Waals surface area contributed by atoms with Gasteiger partial charge < -0.3 is 20.5 Å². The molecule has 2 aromatic carbocycles. The minimum atomic E-state index is -2.92. The van der Waals surface area contributed by atoms with E-state index in [1.54, 1.807) is 0 Å². The Bertz CT molecular complexity index is 370. The molecule has 0 saturated heterocycles. The van der Waals surface area contributed by atoms with Crippen LogP contribution in [0, 0.1) is 0 Å². The van der Waals surface area contributed by atoms with E-state index in [9.17, 15) is 0 Å². The molecule has 0 aliphatic rings. The molecule has 0 unspecified atom stereocenters. The summed E-state index contributed by atoms with van der Waals surface area (Å²) in [5.74, 6) is 0. The van der Waals surface area contributed by atoms with Gasteiger partial charge in [-0.15, -0.1) is 0 Å². The third kappa shape index (κ3) is 18.2. The normalized spacial score (nSPS) is 7.95. The second-order valence-electron chi connectivity index (χ2n) is 3.26. The van der Waals surface area contributed by atoms with Crippen LogP contribution in [-0.4, -0.2) is 12.8 Å². The minimum Gasteiger partial charge on any atom is -0.907 e. The van der Waals surface area contributed by atoms with Crippen LogP contribution in [0.1, 0.15) is 2.85 Å². The van der Waals surface area contributed by atoms with Gasteiger partial charge in [0.1, 0.15) is 0 Å². The summed E-state index contributed by atoms with van der Waals surface area (Å²) < 4.78 is 3.03. The van der Waals surface area contributed by atoms with E-state index in [1.165, 1.54) is 6.14 Å². The molecule has 19 heavy (non-hydrogen) atoms. The van der Waals surface area contributed by atoms with Gasteiger partial charge in [-0.3, -0.25) is 7.32 Å². The molecule has 2 rings (SSSR count). The van der Waals surface area contributed by atoms with Crippen LogP contribution in [0.2, 0.25) is 0 Å². The molecule has 0 saturated carbocycles. The van der Waals surface area contributed by atoms with Gasteiger partial charge in [0.2, 0.25) is 0 Å². The van der Waals surface area contributed by atoms with E-state index in [0.717, 1.165) is 52.2 Å². The average Bonchev–Trinajstić information content (AvgIpc) is 2.31. The maximum Gasteiger partial charge on any atom is -0.278 e. The zero-order chi connectivity index (χ0) is 13.8. The Labute approximate surface area is 148 Å². The quantitative estimate of drug-likeness (QED) is 0.309. The number of benzene rings is 2. The van der Waals surface area contributed by atoms with Gasteiger partial charge >= 0.3 is 122 Å². The van der Waals surface area contributed by atoms with Crippen molar-refractivity contribution in [3.63, 3.8) is 0 Å². The number of hydrogen-bond acceptors (Lipinski definition) is 4. The molecule has 7 heteroatoms. The largest absolute Gasteiger partial charge is 0.907 e. The first-order chi connectivity index (χ1) is 8.52. The molecule has 0 fully saturated rings. The first kappa shape index (κ1) is 21.5. The first-order valence-corrected chi connectivity index (χ1v) is 10.7. The van der Waals surface area contributed by atoms with Crippen LogP contribution in [0.3, 0.4) is 0 Å². The molecule has 2 aromatic rings. The molecular formula is C12H13BHg2O4. The van der Waals surface area contributed by atoms with Crippen LogP contribution in [-0.2, 0) is 52.2 Å². The van der Waals surface area contributed by atoms with Gasteiger partial charge in [0.05, 0.1) is 0 Å². The molecule has 0 atom stereocenters. The van der Waals surface area contributed by atoms with E-state index < -0.39 is 7.32 Å². The summed E-state index contributed by atoms with van der Waals surface area (Å²) in [5.41, 5.74) is 0. The first-order valence-electron chi connectivity index (χ1n) is 5.24. The van der Waals surface area contributed by atoms with E-state index in [4.69, 9.17) is 15.1 Å². The molecule has 0 amide bonds. The van der Waals surface area contributed by atoms with Gasteiger partial charge in [0, 0.05) is 0 Å². The van der Waals surface area contributed by atoms with Crippen molar-refractivity contribution in [1.82, 2.24) is 0 Å². The van der Waals surface area contributed by atoms with Crippen molar-refractivity contribution in [2.75, 3.05) is 0 Å². The summed E-state index contributed by atoms with van der Waals surface area (Å²) in [7, 11) is -2.92. The third-order valence-electron chi connectivity index (χ3n) is 1.69. The van der Waals surface area contributed by atoms with Gasteiger partial charge in [-0.2, -0.15) is 0 Å². The topological polar surface area (TPSA) is 99.2 Å². The van der Waals surface area contributed by atoms with Crippen molar-refractivity contribution >= 4 is 13.5 Å². The zero-order valence-corrected chi connectivity index (χ0v) is 21.4. The van der Waals surface area contributed by atoms with Crippen molar-refractivity contribution in [2.45, 2.75) is 0 Å². The van der Waals surface area contributed by atoms with Crippen molar-refractivity contribution in [3.8, 4) is 0 Å². The van der Waals surface area contributed by atoms with E-state index in [1.807, 2.05) is 0 Å². The second-order valence-corrected chi connectivity index (χ2v) is 9.61. The van der Waals surface area contributed by atoms with Gasteiger partial charge in [-0.1, -0.05) is 0 Å². The maximum absolute atomic E-state index is 8.42. The summed E-state index contributed by atoms with van der Waals surface area (Å²) in [6.07, 6.45) is 0. The average molecular weight is 633 g/mol. The van der Waals surface area contributed by atoms with E-state index >= 15 is 0 Å². The standard InChI is InChI=1S/2C6H5.BO3.2Hg.H2O/c2*1-2-4-6-5-3-1;2-1(3)4;;;/h2*1-5H;;;;1H2/q;;-3;2*+1;/p+1. The summed E-state index contributed by atoms with van der Waals surface area (Å²) in [4.78, 5) is 0. The zero-order valence-electron chi connectivity index (χ0n) is 12.4. The molecule has 0 aromatic heterocycles. The van der Waals surface area contributed by atoms with Crippen molar-refractivity contribution in [3.05, 3.63) is 60.7 Å². The second kappa shape index (κ2) is 14.6. The molecule has 92 valence electrons. The van der Waals surface area contributed by atoms with Crippen molar-refractivity contribution < 1.29 is 75.6 Å².